The number of carbonyl (C=O) groups excluding carboxylic acids is 1. The number of nitrogens with one attached hydrogen (secondary N) is 1. The molecule has 114 valence electrons. The van der Waals surface area contributed by atoms with E-state index in [1.54, 1.807) is 0 Å². The van der Waals surface area contributed by atoms with E-state index in [-0.39, 0.29) is 30.7 Å². The highest BCUT2D eigenvalue weighted by Gasteiger charge is 2.21. The summed E-state index contributed by atoms with van der Waals surface area (Å²) in [6, 6.07) is 9.70. The molecule has 0 heterocycles. The second-order valence-corrected chi connectivity index (χ2v) is 5.81. The number of hydrogen-bond acceptors (Lipinski definition) is 2. The lowest BCUT2D eigenvalue weighted by molar-refractivity contribution is -0.137. The zero-order valence-corrected chi connectivity index (χ0v) is 12.3. The van der Waals surface area contributed by atoms with Crippen LogP contribution in [0.4, 0.5) is 0 Å². The summed E-state index contributed by atoms with van der Waals surface area (Å²) in [6.07, 6.45) is 5.90. The lowest BCUT2D eigenvalue weighted by atomic mass is 9.91. The molecule has 1 atom stereocenters. The van der Waals surface area contributed by atoms with Gasteiger partial charge in [-0.15, -0.1) is 0 Å². The van der Waals surface area contributed by atoms with Gasteiger partial charge in [0.05, 0.1) is 6.42 Å². The molecule has 1 saturated carbocycles. The van der Waals surface area contributed by atoms with Crippen LogP contribution in [-0.4, -0.2) is 23.0 Å². The van der Waals surface area contributed by atoms with Crippen LogP contribution >= 0.6 is 0 Å². The summed E-state index contributed by atoms with van der Waals surface area (Å²) in [4.78, 5) is 23.2. The van der Waals surface area contributed by atoms with Crippen molar-refractivity contribution < 1.29 is 14.7 Å². The van der Waals surface area contributed by atoms with E-state index < -0.39 is 5.97 Å². The van der Waals surface area contributed by atoms with Gasteiger partial charge in [-0.25, -0.2) is 0 Å². The van der Waals surface area contributed by atoms with Crippen molar-refractivity contribution in [2.45, 2.75) is 56.9 Å². The Balaban J connectivity index is 1.94. The second-order valence-electron chi connectivity index (χ2n) is 5.81. The molecule has 1 amide bonds. The first-order valence-electron chi connectivity index (χ1n) is 7.71. The largest absolute Gasteiger partial charge is 0.481 e. The number of carbonyl (C=O) groups is 2. The number of hydrogen-bond donors (Lipinski definition) is 2. The lowest BCUT2D eigenvalue weighted by Gasteiger charge is -2.24. The van der Waals surface area contributed by atoms with Crippen molar-refractivity contribution in [2.24, 2.45) is 0 Å². The van der Waals surface area contributed by atoms with Gasteiger partial charge in [-0.2, -0.15) is 0 Å². The van der Waals surface area contributed by atoms with Gasteiger partial charge in [-0.05, 0) is 18.4 Å². The van der Waals surface area contributed by atoms with E-state index in [4.69, 9.17) is 5.11 Å². The van der Waals surface area contributed by atoms with Gasteiger partial charge < -0.3 is 10.4 Å². The predicted molar refractivity (Wildman–Crippen MR) is 81.1 cm³/mol. The van der Waals surface area contributed by atoms with Crippen molar-refractivity contribution in [1.82, 2.24) is 5.32 Å². The van der Waals surface area contributed by atoms with Crippen LogP contribution in [-0.2, 0) is 9.59 Å². The van der Waals surface area contributed by atoms with E-state index in [2.05, 4.69) is 5.32 Å². The van der Waals surface area contributed by atoms with Crippen LogP contribution in [0.1, 0.15) is 56.4 Å². The van der Waals surface area contributed by atoms with Crippen LogP contribution in [0.2, 0.25) is 0 Å². The van der Waals surface area contributed by atoms with Gasteiger partial charge in [0.25, 0.3) is 0 Å². The SMILES string of the molecule is O=C(O)CC(CC(=O)NC1CCCCC1)c1ccccc1. The molecule has 2 N–H and O–H groups in total. The van der Waals surface area contributed by atoms with E-state index in [1.807, 2.05) is 30.3 Å². The third kappa shape index (κ3) is 5.21. The molecule has 1 aromatic rings. The average molecular weight is 289 g/mol. The van der Waals surface area contributed by atoms with Crippen molar-refractivity contribution in [3.63, 3.8) is 0 Å². The van der Waals surface area contributed by atoms with Crippen molar-refractivity contribution in [2.75, 3.05) is 0 Å². The molecule has 0 aromatic heterocycles. The molecular weight excluding hydrogens is 266 g/mol. The van der Waals surface area contributed by atoms with Gasteiger partial charge in [0, 0.05) is 18.4 Å². The molecule has 0 aliphatic heterocycles. The monoisotopic (exact) mass is 289 g/mol. The van der Waals surface area contributed by atoms with Crippen LogP contribution in [0.3, 0.4) is 0 Å². The predicted octanol–water partition coefficient (Wildman–Crippen LogP) is 3.08. The maximum absolute atomic E-state index is 12.2. The van der Waals surface area contributed by atoms with E-state index in [9.17, 15) is 9.59 Å². The van der Waals surface area contributed by atoms with E-state index in [1.165, 1.54) is 19.3 Å². The third-order valence-electron chi connectivity index (χ3n) is 4.09. The van der Waals surface area contributed by atoms with Crippen LogP contribution in [0.5, 0.6) is 0 Å². The zero-order valence-electron chi connectivity index (χ0n) is 12.3. The molecule has 1 aliphatic rings. The minimum atomic E-state index is -0.866. The van der Waals surface area contributed by atoms with Gasteiger partial charge in [0.1, 0.15) is 0 Å². The highest BCUT2D eigenvalue weighted by molar-refractivity contribution is 5.78. The fourth-order valence-electron chi connectivity index (χ4n) is 3.00. The van der Waals surface area contributed by atoms with Crippen molar-refractivity contribution in [3.8, 4) is 0 Å². The van der Waals surface area contributed by atoms with Gasteiger partial charge in [0.2, 0.25) is 5.91 Å². The second kappa shape index (κ2) is 7.81. The quantitative estimate of drug-likeness (QED) is 0.845. The molecule has 1 aromatic carbocycles. The standard InChI is InChI=1S/C17H23NO3/c19-16(18-15-9-5-2-6-10-15)11-14(12-17(20)21)13-7-3-1-4-8-13/h1,3-4,7-8,14-15H,2,5-6,9-12H2,(H,18,19)(H,20,21). The molecular formula is C17H23NO3. The number of carboxylic acid groups (broad SMARTS) is 1. The number of aliphatic carboxylic acids is 1. The van der Waals surface area contributed by atoms with Gasteiger partial charge in [-0.1, -0.05) is 49.6 Å². The summed E-state index contributed by atoms with van der Waals surface area (Å²) in [5.74, 6) is -1.15. The molecule has 2 rings (SSSR count). The topological polar surface area (TPSA) is 66.4 Å². The van der Waals surface area contributed by atoms with E-state index >= 15 is 0 Å². The normalized spacial score (nSPS) is 17.1. The molecule has 0 bridgehead atoms. The molecule has 4 nitrogen and oxygen atoms in total. The summed E-state index contributed by atoms with van der Waals surface area (Å²) >= 11 is 0. The van der Waals surface area contributed by atoms with Crippen LogP contribution < -0.4 is 5.32 Å². The minimum absolute atomic E-state index is 0.0118. The van der Waals surface area contributed by atoms with Gasteiger partial charge >= 0.3 is 5.97 Å². The van der Waals surface area contributed by atoms with Gasteiger partial charge in [0.15, 0.2) is 0 Å². The number of carboxylic acids is 1. The smallest absolute Gasteiger partial charge is 0.303 e. The highest BCUT2D eigenvalue weighted by Crippen LogP contribution is 2.24. The molecule has 1 fully saturated rings. The number of amides is 1. The number of rotatable bonds is 6. The Kier molecular flexibility index (Phi) is 5.78. The van der Waals surface area contributed by atoms with E-state index in [0.29, 0.717) is 0 Å². The Morgan fingerprint density at radius 1 is 1.10 bits per heavy atom. The van der Waals surface area contributed by atoms with Crippen LogP contribution in [0, 0.1) is 0 Å². The maximum Gasteiger partial charge on any atom is 0.303 e. The fourth-order valence-corrected chi connectivity index (χ4v) is 3.00. The summed E-state index contributed by atoms with van der Waals surface area (Å²) in [6.45, 7) is 0. The summed E-state index contributed by atoms with van der Waals surface area (Å²) < 4.78 is 0. The molecule has 4 heteroatoms. The molecule has 21 heavy (non-hydrogen) atoms. The van der Waals surface area contributed by atoms with E-state index in [0.717, 1.165) is 18.4 Å². The first-order valence-corrected chi connectivity index (χ1v) is 7.71. The highest BCUT2D eigenvalue weighted by atomic mass is 16.4. The first kappa shape index (κ1) is 15.5. The molecule has 0 saturated heterocycles. The fraction of sp³-hybridized carbons (Fsp3) is 0.529. The maximum atomic E-state index is 12.2. The summed E-state index contributed by atoms with van der Waals surface area (Å²) in [5.41, 5.74) is 0.915. The Morgan fingerprint density at radius 2 is 1.76 bits per heavy atom. The third-order valence-corrected chi connectivity index (χ3v) is 4.09. The Morgan fingerprint density at radius 3 is 2.38 bits per heavy atom. The Hall–Kier alpha value is -1.84. The van der Waals surface area contributed by atoms with Crippen molar-refractivity contribution >= 4 is 11.9 Å². The Labute approximate surface area is 125 Å². The molecule has 0 spiro atoms. The molecule has 1 unspecified atom stereocenters. The van der Waals surface area contributed by atoms with Crippen LogP contribution in [0.15, 0.2) is 30.3 Å². The van der Waals surface area contributed by atoms with Crippen molar-refractivity contribution in [3.05, 3.63) is 35.9 Å². The number of benzene rings is 1. The summed E-state index contributed by atoms with van der Waals surface area (Å²) in [7, 11) is 0. The zero-order chi connectivity index (χ0) is 15.1. The summed E-state index contributed by atoms with van der Waals surface area (Å²) in [5, 5.41) is 12.1. The lowest BCUT2D eigenvalue weighted by Crippen LogP contribution is -2.37. The molecule has 0 radical (unpaired) electrons. The van der Waals surface area contributed by atoms with Crippen LogP contribution in [0.25, 0.3) is 0 Å². The Bertz CT molecular complexity index is 466. The minimum Gasteiger partial charge on any atom is -0.481 e. The van der Waals surface area contributed by atoms with Crippen molar-refractivity contribution in [1.29, 1.82) is 0 Å². The molecule has 1 aliphatic carbocycles. The van der Waals surface area contributed by atoms with Gasteiger partial charge in [-0.3, -0.25) is 9.59 Å². The average Bonchev–Trinajstić information content (AvgIpc) is 2.48. The first-order chi connectivity index (χ1) is 10.1.